The Morgan fingerprint density at radius 1 is 1.36 bits per heavy atom. The van der Waals surface area contributed by atoms with Crippen LogP contribution in [0.5, 0.6) is 11.5 Å². The lowest BCUT2D eigenvalue weighted by Crippen LogP contribution is -2.22. The van der Waals surface area contributed by atoms with Crippen molar-refractivity contribution in [2.24, 2.45) is 0 Å². The first kappa shape index (κ1) is 17.3. The fourth-order valence-corrected chi connectivity index (χ4v) is 2.64. The van der Waals surface area contributed by atoms with E-state index >= 15 is 0 Å². The monoisotopic (exact) mass is 346 g/mol. The lowest BCUT2D eigenvalue weighted by atomic mass is 10.2. The fourth-order valence-electron chi connectivity index (χ4n) is 2.64. The largest absolute Gasteiger partial charge is 0.493 e. The number of nitrogens with zero attached hydrogens (tertiary/aromatic N) is 1. The van der Waals surface area contributed by atoms with Gasteiger partial charge in [-0.15, -0.1) is 0 Å². The Kier molecular flexibility index (Phi) is 5.55. The summed E-state index contributed by atoms with van der Waals surface area (Å²) < 4.78 is 21.7. The van der Waals surface area contributed by atoms with Crippen LogP contribution < -0.4 is 14.8 Å². The Balaban J connectivity index is 1.57. The fraction of sp³-hybridized carbons (Fsp3) is 0.444. The van der Waals surface area contributed by atoms with Crippen molar-refractivity contribution < 1.29 is 23.5 Å². The van der Waals surface area contributed by atoms with Crippen LogP contribution in [0, 0.1) is 6.92 Å². The normalized spacial score (nSPS) is 16.6. The van der Waals surface area contributed by atoms with Crippen molar-refractivity contribution in [2.75, 3.05) is 20.3 Å². The lowest BCUT2D eigenvalue weighted by Gasteiger charge is -2.15. The molecular weight excluding hydrogens is 324 g/mol. The minimum atomic E-state index is -0.307. The predicted molar refractivity (Wildman–Crippen MR) is 89.9 cm³/mol. The quantitative estimate of drug-likeness (QED) is 0.829. The van der Waals surface area contributed by atoms with Gasteiger partial charge < -0.3 is 24.1 Å². The van der Waals surface area contributed by atoms with Gasteiger partial charge in [0.2, 0.25) is 5.76 Å². The molecular formula is C18H22N2O5. The van der Waals surface area contributed by atoms with Crippen molar-refractivity contribution in [1.29, 1.82) is 0 Å². The van der Waals surface area contributed by atoms with Gasteiger partial charge in [0.05, 0.1) is 18.9 Å². The summed E-state index contributed by atoms with van der Waals surface area (Å²) in [7, 11) is 1.59. The Morgan fingerprint density at radius 2 is 2.24 bits per heavy atom. The zero-order valence-electron chi connectivity index (χ0n) is 14.4. The summed E-state index contributed by atoms with van der Waals surface area (Å²) in [4.78, 5) is 12.0. The maximum Gasteiger partial charge on any atom is 0.290 e. The van der Waals surface area contributed by atoms with Crippen LogP contribution in [0.1, 0.15) is 34.7 Å². The third kappa shape index (κ3) is 4.51. The van der Waals surface area contributed by atoms with Gasteiger partial charge in [0.25, 0.3) is 5.91 Å². The topological polar surface area (TPSA) is 82.8 Å². The van der Waals surface area contributed by atoms with Crippen molar-refractivity contribution in [3.8, 4) is 11.5 Å². The molecule has 7 nitrogen and oxygen atoms in total. The number of methoxy groups -OCH3 is 1. The first-order valence-corrected chi connectivity index (χ1v) is 8.28. The number of hydrogen-bond donors (Lipinski definition) is 1. The molecule has 0 bridgehead atoms. The van der Waals surface area contributed by atoms with Gasteiger partial charge in [-0.1, -0.05) is 11.2 Å². The standard InChI is InChI=1S/C18H22N2O5/c1-12-8-17(25-20-12)18(21)19-10-13-5-6-15(16(9-13)22-2)24-11-14-4-3-7-23-14/h5-6,8-9,14H,3-4,7,10-11H2,1-2H3,(H,19,21). The third-order valence-corrected chi connectivity index (χ3v) is 3.98. The highest BCUT2D eigenvalue weighted by molar-refractivity contribution is 5.91. The Labute approximate surface area is 146 Å². The van der Waals surface area contributed by atoms with E-state index in [0.717, 1.165) is 25.0 Å². The number of nitrogens with one attached hydrogen (secondary N) is 1. The molecule has 0 spiro atoms. The number of amides is 1. The van der Waals surface area contributed by atoms with E-state index in [1.54, 1.807) is 20.1 Å². The molecule has 1 aromatic carbocycles. The molecule has 0 aliphatic carbocycles. The van der Waals surface area contributed by atoms with E-state index in [2.05, 4.69) is 10.5 Å². The van der Waals surface area contributed by atoms with Gasteiger partial charge in [-0.05, 0) is 37.5 Å². The van der Waals surface area contributed by atoms with E-state index in [0.29, 0.717) is 30.3 Å². The molecule has 1 fully saturated rings. The van der Waals surface area contributed by atoms with Gasteiger partial charge in [-0.3, -0.25) is 4.79 Å². The van der Waals surface area contributed by atoms with Crippen LogP contribution in [0.15, 0.2) is 28.8 Å². The van der Waals surface area contributed by atoms with Gasteiger partial charge in [-0.25, -0.2) is 0 Å². The highest BCUT2D eigenvalue weighted by Gasteiger charge is 2.17. The Bertz CT molecular complexity index is 722. The molecule has 1 aliphatic rings. The first-order chi connectivity index (χ1) is 12.2. The molecule has 7 heteroatoms. The minimum absolute atomic E-state index is 0.147. The third-order valence-electron chi connectivity index (χ3n) is 3.98. The molecule has 25 heavy (non-hydrogen) atoms. The number of carbonyl (C=O) groups excluding carboxylic acids is 1. The minimum Gasteiger partial charge on any atom is -0.493 e. The summed E-state index contributed by atoms with van der Waals surface area (Å²) in [5, 5.41) is 6.49. The SMILES string of the molecule is COc1cc(CNC(=O)c2cc(C)no2)ccc1OCC1CCCO1. The molecule has 134 valence electrons. The molecule has 2 heterocycles. The number of aromatic nitrogens is 1. The second kappa shape index (κ2) is 8.02. The van der Waals surface area contributed by atoms with Crippen molar-refractivity contribution >= 4 is 5.91 Å². The maximum atomic E-state index is 12.0. The Hall–Kier alpha value is -2.54. The molecule has 1 unspecified atom stereocenters. The average molecular weight is 346 g/mol. The second-order valence-electron chi connectivity index (χ2n) is 5.95. The van der Waals surface area contributed by atoms with Crippen molar-refractivity contribution in [3.63, 3.8) is 0 Å². The van der Waals surface area contributed by atoms with E-state index in [4.69, 9.17) is 18.7 Å². The number of rotatable bonds is 7. The Morgan fingerprint density at radius 3 is 2.92 bits per heavy atom. The summed E-state index contributed by atoms with van der Waals surface area (Å²) in [6.45, 7) is 3.42. The van der Waals surface area contributed by atoms with Gasteiger partial charge >= 0.3 is 0 Å². The second-order valence-corrected chi connectivity index (χ2v) is 5.95. The van der Waals surface area contributed by atoms with Crippen molar-refractivity contribution in [1.82, 2.24) is 10.5 Å². The average Bonchev–Trinajstić information content (AvgIpc) is 3.29. The summed E-state index contributed by atoms with van der Waals surface area (Å²) >= 11 is 0. The van der Waals surface area contributed by atoms with E-state index < -0.39 is 0 Å². The van der Waals surface area contributed by atoms with Gasteiger partial charge in [0, 0.05) is 19.2 Å². The zero-order valence-corrected chi connectivity index (χ0v) is 14.4. The van der Waals surface area contributed by atoms with Gasteiger partial charge in [0.15, 0.2) is 11.5 Å². The first-order valence-electron chi connectivity index (χ1n) is 8.28. The molecule has 1 N–H and O–H groups in total. The highest BCUT2D eigenvalue weighted by Crippen LogP contribution is 2.29. The highest BCUT2D eigenvalue weighted by atomic mass is 16.5. The number of hydrogen-bond acceptors (Lipinski definition) is 6. The zero-order chi connectivity index (χ0) is 17.6. The molecule has 1 aliphatic heterocycles. The van der Waals surface area contributed by atoms with E-state index in [9.17, 15) is 4.79 Å². The van der Waals surface area contributed by atoms with Gasteiger partial charge in [-0.2, -0.15) is 0 Å². The summed E-state index contributed by atoms with van der Waals surface area (Å²) in [6, 6.07) is 7.17. The van der Waals surface area contributed by atoms with E-state index in [1.165, 1.54) is 0 Å². The molecule has 1 amide bonds. The van der Waals surface area contributed by atoms with Crippen LogP contribution in [0.25, 0.3) is 0 Å². The summed E-state index contributed by atoms with van der Waals surface area (Å²) in [6.07, 6.45) is 2.25. The number of benzene rings is 1. The summed E-state index contributed by atoms with van der Waals surface area (Å²) in [5.41, 5.74) is 1.56. The number of carbonyl (C=O) groups is 1. The molecule has 0 saturated carbocycles. The molecule has 2 aromatic rings. The number of aryl methyl sites for hydroxylation is 1. The van der Waals surface area contributed by atoms with Crippen LogP contribution in [0.3, 0.4) is 0 Å². The smallest absolute Gasteiger partial charge is 0.290 e. The van der Waals surface area contributed by atoms with Crippen LogP contribution in [-0.2, 0) is 11.3 Å². The lowest BCUT2D eigenvalue weighted by molar-refractivity contribution is 0.0669. The molecule has 1 aromatic heterocycles. The van der Waals surface area contributed by atoms with Gasteiger partial charge in [0.1, 0.15) is 6.61 Å². The van der Waals surface area contributed by atoms with Crippen LogP contribution in [-0.4, -0.2) is 37.5 Å². The molecule has 3 rings (SSSR count). The van der Waals surface area contributed by atoms with E-state index in [1.807, 2.05) is 18.2 Å². The van der Waals surface area contributed by atoms with Crippen molar-refractivity contribution in [2.45, 2.75) is 32.4 Å². The van der Waals surface area contributed by atoms with Crippen molar-refractivity contribution in [3.05, 3.63) is 41.3 Å². The molecule has 0 radical (unpaired) electrons. The van der Waals surface area contributed by atoms with E-state index in [-0.39, 0.29) is 17.8 Å². The molecule has 1 saturated heterocycles. The summed E-state index contributed by atoms with van der Waals surface area (Å²) in [5.74, 6) is 1.18. The van der Waals surface area contributed by atoms with Crippen LogP contribution in [0.2, 0.25) is 0 Å². The van der Waals surface area contributed by atoms with Crippen LogP contribution in [0.4, 0.5) is 0 Å². The molecule has 1 atom stereocenters. The predicted octanol–water partition coefficient (Wildman–Crippen LogP) is 2.48. The van der Waals surface area contributed by atoms with Crippen LogP contribution >= 0.6 is 0 Å². The maximum absolute atomic E-state index is 12.0. The number of ether oxygens (including phenoxy) is 3.